The largest absolute Gasteiger partial charge is 0.337 e. The summed E-state index contributed by atoms with van der Waals surface area (Å²) in [6, 6.07) is 0.507. The summed E-state index contributed by atoms with van der Waals surface area (Å²) >= 11 is 0. The monoisotopic (exact) mass is 180 g/mol. The number of nitrogens with one attached hydrogen (secondary N) is 1. The summed E-state index contributed by atoms with van der Waals surface area (Å²) in [7, 11) is 0. The Kier molecular flexibility index (Phi) is 1.48. The van der Waals surface area contributed by atoms with Crippen molar-refractivity contribution in [3.05, 3.63) is 0 Å². The molecule has 1 N–H and O–H groups in total. The first-order chi connectivity index (χ1) is 6.32. The number of nitrogens with zero attached hydrogens (tertiary/aromatic N) is 1. The maximum atomic E-state index is 12.0. The van der Waals surface area contributed by atoms with Gasteiger partial charge in [0.05, 0.1) is 5.54 Å². The van der Waals surface area contributed by atoms with E-state index in [4.69, 9.17) is 0 Å². The number of fused-ring (bicyclic) bond motifs is 1. The van der Waals surface area contributed by atoms with E-state index in [9.17, 15) is 4.79 Å². The molecule has 0 aromatic carbocycles. The van der Waals surface area contributed by atoms with Crippen LogP contribution in [0.1, 0.15) is 32.1 Å². The summed E-state index contributed by atoms with van der Waals surface area (Å²) in [5.41, 5.74) is -0.0894. The number of piperazine rings is 1. The summed E-state index contributed by atoms with van der Waals surface area (Å²) < 4.78 is 0. The van der Waals surface area contributed by atoms with Crippen molar-refractivity contribution in [2.45, 2.75) is 43.7 Å². The first-order valence-corrected chi connectivity index (χ1v) is 5.38. The van der Waals surface area contributed by atoms with Crippen LogP contribution in [-0.2, 0) is 4.79 Å². The lowest BCUT2D eigenvalue weighted by Gasteiger charge is -2.43. The van der Waals surface area contributed by atoms with Crippen LogP contribution in [0, 0.1) is 0 Å². The lowest BCUT2D eigenvalue weighted by Crippen LogP contribution is -2.62. The minimum atomic E-state index is -0.0894. The molecule has 0 unspecified atom stereocenters. The van der Waals surface area contributed by atoms with E-state index in [1.54, 1.807) is 0 Å². The second-order valence-electron chi connectivity index (χ2n) is 4.61. The van der Waals surface area contributed by atoms with Crippen LogP contribution in [0.3, 0.4) is 0 Å². The van der Waals surface area contributed by atoms with E-state index < -0.39 is 0 Å². The van der Waals surface area contributed by atoms with Crippen molar-refractivity contribution in [2.75, 3.05) is 13.1 Å². The van der Waals surface area contributed by atoms with E-state index in [0.29, 0.717) is 11.9 Å². The molecule has 3 fully saturated rings. The van der Waals surface area contributed by atoms with Crippen LogP contribution in [0.2, 0.25) is 0 Å². The van der Waals surface area contributed by atoms with Gasteiger partial charge < -0.3 is 10.2 Å². The summed E-state index contributed by atoms with van der Waals surface area (Å²) in [5, 5.41) is 3.43. The van der Waals surface area contributed by atoms with Gasteiger partial charge in [-0.05, 0) is 32.1 Å². The van der Waals surface area contributed by atoms with Gasteiger partial charge in [0.15, 0.2) is 0 Å². The Bertz CT molecular complexity index is 247. The third-order valence-electron chi connectivity index (χ3n) is 3.72. The van der Waals surface area contributed by atoms with Crippen molar-refractivity contribution in [1.29, 1.82) is 0 Å². The molecule has 1 spiro atoms. The standard InChI is InChI=1S/C10H16N2O/c13-9-10(4-5-10)11-7-8-3-1-2-6-12(8)9/h8,11H,1-7H2/t8-/m0/s1. The molecule has 3 aliphatic rings. The van der Waals surface area contributed by atoms with E-state index in [2.05, 4.69) is 10.2 Å². The molecule has 3 rings (SSSR count). The first kappa shape index (κ1) is 7.80. The maximum Gasteiger partial charge on any atom is 0.243 e. The van der Waals surface area contributed by atoms with Crippen LogP contribution in [0.25, 0.3) is 0 Å². The number of carbonyl (C=O) groups is 1. The lowest BCUT2D eigenvalue weighted by atomic mass is 9.97. The van der Waals surface area contributed by atoms with Crippen molar-refractivity contribution >= 4 is 5.91 Å². The van der Waals surface area contributed by atoms with Crippen molar-refractivity contribution in [3.8, 4) is 0 Å². The summed E-state index contributed by atoms with van der Waals surface area (Å²) in [4.78, 5) is 14.1. The Morgan fingerprint density at radius 3 is 3.00 bits per heavy atom. The van der Waals surface area contributed by atoms with Crippen LogP contribution in [0.4, 0.5) is 0 Å². The zero-order chi connectivity index (χ0) is 8.89. The Morgan fingerprint density at radius 2 is 2.23 bits per heavy atom. The van der Waals surface area contributed by atoms with Gasteiger partial charge in [-0.1, -0.05) is 0 Å². The van der Waals surface area contributed by atoms with E-state index >= 15 is 0 Å². The van der Waals surface area contributed by atoms with Crippen molar-refractivity contribution in [1.82, 2.24) is 10.2 Å². The van der Waals surface area contributed by atoms with Crippen LogP contribution in [0.5, 0.6) is 0 Å². The molecule has 1 atom stereocenters. The van der Waals surface area contributed by atoms with Crippen LogP contribution < -0.4 is 5.32 Å². The predicted molar refractivity (Wildman–Crippen MR) is 49.3 cm³/mol. The molecule has 2 saturated heterocycles. The molecule has 2 heterocycles. The second kappa shape index (κ2) is 2.47. The number of amides is 1. The van der Waals surface area contributed by atoms with Gasteiger partial charge in [-0.2, -0.15) is 0 Å². The molecule has 0 aromatic heterocycles. The van der Waals surface area contributed by atoms with Gasteiger partial charge in [0.2, 0.25) is 5.91 Å². The molecule has 0 bridgehead atoms. The number of rotatable bonds is 0. The molecule has 1 saturated carbocycles. The summed E-state index contributed by atoms with van der Waals surface area (Å²) in [6.07, 6.45) is 5.83. The Labute approximate surface area is 78.5 Å². The van der Waals surface area contributed by atoms with Crippen molar-refractivity contribution in [2.24, 2.45) is 0 Å². The SMILES string of the molecule is O=C1N2CCCC[C@H]2CNC12CC2. The van der Waals surface area contributed by atoms with Crippen LogP contribution in [-0.4, -0.2) is 35.5 Å². The average molecular weight is 180 g/mol. The van der Waals surface area contributed by atoms with E-state index in [1.807, 2.05) is 0 Å². The first-order valence-electron chi connectivity index (χ1n) is 5.38. The molecule has 13 heavy (non-hydrogen) atoms. The Hall–Kier alpha value is -0.570. The minimum Gasteiger partial charge on any atom is -0.337 e. The highest BCUT2D eigenvalue weighted by Gasteiger charge is 2.55. The van der Waals surface area contributed by atoms with E-state index in [1.165, 1.54) is 19.3 Å². The lowest BCUT2D eigenvalue weighted by molar-refractivity contribution is -0.141. The van der Waals surface area contributed by atoms with Gasteiger partial charge in [-0.3, -0.25) is 4.79 Å². The molecule has 72 valence electrons. The summed E-state index contributed by atoms with van der Waals surface area (Å²) in [5.74, 6) is 0.392. The Balaban J connectivity index is 1.82. The second-order valence-corrected chi connectivity index (χ2v) is 4.61. The van der Waals surface area contributed by atoms with Crippen molar-refractivity contribution in [3.63, 3.8) is 0 Å². The fraction of sp³-hybridized carbons (Fsp3) is 0.900. The van der Waals surface area contributed by atoms with Crippen LogP contribution in [0.15, 0.2) is 0 Å². The van der Waals surface area contributed by atoms with Crippen molar-refractivity contribution < 1.29 is 4.79 Å². The summed E-state index contributed by atoms with van der Waals surface area (Å²) in [6.45, 7) is 2.04. The normalized spacial score (nSPS) is 36.2. The maximum absolute atomic E-state index is 12.0. The Morgan fingerprint density at radius 1 is 1.38 bits per heavy atom. The van der Waals surface area contributed by atoms with Gasteiger partial charge in [-0.25, -0.2) is 0 Å². The molecular weight excluding hydrogens is 164 g/mol. The topological polar surface area (TPSA) is 32.3 Å². The average Bonchev–Trinajstić information content (AvgIpc) is 2.94. The van der Waals surface area contributed by atoms with E-state index in [0.717, 1.165) is 25.9 Å². The van der Waals surface area contributed by atoms with Gasteiger partial charge >= 0.3 is 0 Å². The van der Waals surface area contributed by atoms with Gasteiger partial charge in [0, 0.05) is 19.1 Å². The third-order valence-corrected chi connectivity index (χ3v) is 3.72. The highest BCUT2D eigenvalue weighted by molar-refractivity contribution is 5.90. The highest BCUT2D eigenvalue weighted by atomic mass is 16.2. The number of hydrogen-bond donors (Lipinski definition) is 1. The van der Waals surface area contributed by atoms with Gasteiger partial charge in [-0.15, -0.1) is 0 Å². The fourth-order valence-corrected chi connectivity index (χ4v) is 2.66. The number of hydrogen-bond acceptors (Lipinski definition) is 2. The quantitative estimate of drug-likeness (QED) is 0.589. The molecule has 3 nitrogen and oxygen atoms in total. The minimum absolute atomic E-state index is 0.0894. The molecular formula is C10H16N2O. The number of piperidine rings is 1. The molecule has 0 radical (unpaired) electrons. The molecule has 0 aromatic rings. The highest BCUT2D eigenvalue weighted by Crippen LogP contribution is 2.41. The molecule has 1 aliphatic carbocycles. The third kappa shape index (κ3) is 1.03. The van der Waals surface area contributed by atoms with Crippen LogP contribution >= 0.6 is 0 Å². The molecule has 3 heteroatoms. The van der Waals surface area contributed by atoms with Gasteiger partial charge in [0.1, 0.15) is 0 Å². The zero-order valence-electron chi connectivity index (χ0n) is 7.88. The zero-order valence-corrected chi connectivity index (χ0v) is 7.88. The fourth-order valence-electron chi connectivity index (χ4n) is 2.66. The number of carbonyl (C=O) groups excluding carboxylic acids is 1. The van der Waals surface area contributed by atoms with Gasteiger partial charge in [0.25, 0.3) is 0 Å². The molecule has 2 aliphatic heterocycles. The van der Waals surface area contributed by atoms with E-state index in [-0.39, 0.29) is 5.54 Å². The molecule has 1 amide bonds. The predicted octanol–water partition coefficient (Wildman–Crippen LogP) is 0.503. The smallest absolute Gasteiger partial charge is 0.243 e.